The second-order valence-electron chi connectivity index (χ2n) is 5.19. The third-order valence-electron chi connectivity index (χ3n) is 3.64. The van der Waals surface area contributed by atoms with Crippen molar-refractivity contribution in [2.24, 2.45) is 5.16 Å². The predicted octanol–water partition coefficient (Wildman–Crippen LogP) is 2.30. The van der Waals surface area contributed by atoms with Crippen LogP contribution >= 0.6 is 0 Å². The molecule has 0 aromatic heterocycles. The average molecular weight is 255 g/mol. The molecule has 1 aliphatic carbocycles. The molecule has 0 spiro atoms. The number of hydrogen-bond acceptors (Lipinski definition) is 4. The van der Waals surface area contributed by atoms with Crippen LogP contribution in [0.25, 0.3) is 0 Å². The first-order valence-corrected chi connectivity index (χ1v) is 6.76. The third kappa shape index (κ3) is 3.12. The van der Waals surface area contributed by atoms with Gasteiger partial charge < -0.3 is 4.84 Å². The van der Waals surface area contributed by atoms with Crippen molar-refractivity contribution in [1.82, 2.24) is 4.90 Å². The third-order valence-corrected chi connectivity index (χ3v) is 3.64. The van der Waals surface area contributed by atoms with Crippen molar-refractivity contribution in [2.75, 3.05) is 13.1 Å². The molecule has 0 radical (unpaired) electrons. The molecule has 0 atom stereocenters. The Balaban J connectivity index is 1.48. The second kappa shape index (κ2) is 5.41. The molecule has 0 amide bonds. The van der Waals surface area contributed by atoms with Crippen molar-refractivity contribution in [3.63, 3.8) is 0 Å². The molecular formula is C15H17N3O. The van der Waals surface area contributed by atoms with Crippen molar-refractivity contribution in [3.05, 3.63) is 35.4 Å². The van der Waals surface area contributed by atoms with Gasteiger partial charge in [-0.15, -0.1) is 0 Å². The number of likely N-dealkylation sites (tertiary alicyclic amines) is 1. The minimum Gasteiger partial charge on any atom is -0.391 e. The van der Waals surface area contributed by atoms with Gasteiger partial charge in [-0.1, -0.05) is 17.3 Å². The molecule has 1 saturated carbocycles. The Labute approximate surface area is 113 Å². The van der Waals surface area contributed by atoms with Crippen LogP contribution in [0.3, 0.4) is 0 Å². The van der Waals surface area contributed by atoms with Gasteiger partial charge in [0.25, 0.3) is 0 Å². The van der Waals surface area contributed by atoms with Crippen molar-refractivity contribution in [3.8, 4) is 6.07 Å². The first-order valence-electron chi connectivity index (χ1n) is 6.76. The lowest BCUT2D eigenvalue weighted by Crippen LogP contribution is -2.22. The molecule has 1 aromatic carbocycles. The molecule has 0 N–H and O–H groups in total. The normalized spacial score (nSPS) is 21.5. The van der Waals surface area contributed by atoms with Gasteiger partial charge in [-0.3, -0.25) is 4.90 Å². The van der Waals surface area contributed by atoms with Gasteiger partial charge in [-0.05, 0) is 30.5 Å². The van der Waals surface area contributed by atoms with Crippen LogP contribution in [0, 0.1) is 11.3 Å². The highest BCUT2D eigenvalue weighted by Crippen LogP contribution is 2.29. The SMILES string of the molecule is N#Cc1ccc(CO/N=C2/CCN(C3CC3)C2)cc1. The van der Waals surface area contributed by atoms with E-state index in [0.717, 1.165) is 36.8 Å². The Morgan fingerprint density at radius 3 is 2.79 bits per heavy atom. The molecular weight excluding hydrogens is 238 g/mol. The zero-order valence-corrected chi connectivity index (χ0v) is 10.9. The van der Waals surface area contributed by atoms with Gasteiger partial charge in [0, 0.05) is 25.6 Å². The molecule has 2 aliphatic rings. The smallest absolute Gasteiger partial charge is 0.142 e. The average Bonchev–Trinajstić information content (AvgIpc) is 3.20. The van der Waals surface area contributed by atoms with Crippen LogP contribution in [-0.2, 0) is 11.4 Å². The molecule has 3 rings (SSSR count). The molecule has 0 unspecified atom stereocenters. The first kappa shape index (κ1) is 12.2. The van der Waals surface area contributed by atoms with E-state index in [2.05, 4.69) is 16.1 Å². The summed E-state index contributed by atoms with van der Waals surface area (Å²) < 4.78 is 0. The number of rotatable bonds is 4. The number of benzene rings is 1. The van der Waals surface area contributed by atoms with Gasteiger partial charge in [0.05, 0.1) is 17.3 Å². The van der Waals surface area contributed by atoms with Crippen LogP contribution in [0.2, 0.25) is 0 Å². The highest BCUT2D eigenvalue weighted by Gasteiger charge is 2.32. The van der Waals surface area contributed by atoms with Gasteiger partial charge in [-0.2, -0.15) is 5.26 Å². The van der Waals surface area contributed by atoms with Crippen molar-refractivity contribution in [2.45, 2.75) is 31.9 Å². The zero-order chi connectivity index (χ0) is 13.1. The van der Waals surface area contributed by atoms with E-state index in [0.29, 0.717) is 12.2 Å². The summed E-state index contributed by atoms with van der Waals surface area (Å²) in [6, 6.07) is 10.3. The molecule has 1 saturated heterocycles. The fourth-order valence-corrected chi connectivity index (χ4v) is 2.36. The van der Waals surface area contributed by atoms with Crippen LogP contribution in [0.15, 0.2) is 29.4 Å². The highest BCUT2D eigenvalue weighted by atomic mass is 16.6. The summed E-state index contributed by atoms with van der Waals surface area (Å²) in [5, 5.41) is 12.9. The minimum atomic E-state index is 0.471. The van der Waals surface area contributed by atoms with Gasteiger partial charge >= 0.3 is 0 Å². The zero-order valence-electron chi connectivity index (χ0n) is 10.9. The Kier molecular flexibility index (Phi) is 3.47. The van der Waals surface area contributed by atoms with Gasteiger partial charge in [0.2, 0.25) is 0 Å². The number of hydrogen-bond donors (Lipinski definition) is 0. The molecule has 0 bridgehead atoms. The monoisotopic (exact) mass is 255 g/mol. The topological polar surface area (TPSA) is 48.6 Å². The second-order valence-corrected chi connectivity index (χ2v) is 5.19. The lowest BCUT2D eigenvalue weighted by atomic mass is 10.2. The maximum absolute atomic E-state index is 8.72. The van der Waals surface area contributed by atoms with E-state index in [9.17, 15) is 0 Å². The van der Waals surface area contributed by atoms with E-state index in [4.69, 9.17) is 10.1 Å². The van der Waals surface area contributed by atoms with Crippen molar-refractivity contribution >= 4 is 5.71 Å². The molecule has 2 fully saturated rings. The van der Waals surface area contributed by atoms with E-state index in [1.54, 1.807) is 12.1 Å². The number of oxime groups is 1. The van der Waals surface area contributed by atoms with E-state index in [1.165, 1.54) is 12.8 Å². The van der Waals surface area contributed by atoms with E-state index < -0.39 is 0 Å². The van der Waals surface area contributed by atoms with Crippen LogP contribution in [0.4, 0.5) is 0 Å². The van der Waals surface area contributed by atoms with Gasteiger partial charge in [0.15, 0.2) is 0 Å². The fourth-order valence-electron chi connectivity index (χ4n) is 2.36. The Bertz CT molecular complexity index is 511. The molecule has 1 aliphatic heterocycles. The highest BCUT2D eigenvalue weighted by molar-refractivity contribution is 5.87. The molecule has 19 heavy (non-hydrogen) atoms. The van der Waals surface area contributed by atoms with Crippen LogP contribution < -0.4 is 0 Å². The van der Waals surface area contributed by atoms with E-state index >= 15 is 0 Å². The van der Waals surface area contributed by atoms with Gasteiger partial charge in [-0.25, -0.2) is 0 Å². The van der Waals surface area contributed by atoms with Crippen LogP contribution in [0.5, 0.6) is 0 Å². The quantitative estimate of drug-likeness (QED) is 0.776. The number of nitrogens with zero attached hydrogens (tertiary/aromatic N) is 3. The summed E-state index contributed by atoms with van der Waals surface area (Å²) in [6.07, 6.45) is 3.72. The first-order chi connectivity index (χ1) is 9.35. The lowest BCUT2D eigenvalue weighted by Gasteiger charge is -2.10. The molecule has 1 heterocycles. The molecule has 1 aromatic rings. The molecule has 98 valence electrons. The van der Waals surface area contributed by atoms with Crippen molar-refractivity contribution in [1.29, 1.82) is 5.26 Å². The summed E-state index contributed by atoms with van der Waals surface area (Å²) in [7, 11) is 0. The summed E-state index contributed by atoms with van der Waals surface area (Å²) in [5.41, 5.74) is 2.87. The fraction of sp³-hybridized carbons (Fsp3) is 0.467. The maximum atomic E-state index is 8.72. The summed E-state index contributed by atoms with van der Waals surface area (Å²) >= 11 is 0. The Morgan fingerprint density at radius 2 is 2.11 bits per heavy atom. The van der Waals surface area contributed by atoms with Crippen LogP contribution in [-0.4, -0.2) is 29.7 Å². The number of nitriles is 1. The predicted molar refractivity (Wildman–Crippen MR) is 72.6 cm³/mol. The summed E-state index contributed by atoms with van der Waals surface area (Å²) in [4.78, 5) is 7.89. The molecule has 4 heteroatoms. The van der Waals surface area contributed by atoms with E-state index in [-0.39, 0.29) is 0 Å². The van der Waals surface area contributed by atoms with Gasteiger partial charge in [0.1, 0.15) is 6.61 Å². The summed E-state index contributed by atoms with van der Waals surface area (Å²) in [6.45, 7) is 2.57. The Morgan fingerprint density at radius 1 is 1.32 bits per heavy atom. The van der Waals surface area contributed by atoms with E-state index in [1.807, 2.05) is 12.1 Å². The van der Waals surface area contributed by atoms with Crippen molar-refractivity contribution < 1.29 is 4.84 Å². The Hall–Kier alpha value is -1.86. The standard InChI is InChI=1S/C15H17N3O/c16-9-12-1-3-13(4-2-12)11-19-17-14-7-8-18(10-14)15-5-6-15/h1-4,15H,5-8,10-11H2/b17-14-. The van der Waals surface area contributed by atoms with Crippen LogP contribution in [0.1, 0.15) is 30.4 Å². The molecule has 4 nitrogen and oxygen atoms in total. The largest absolute Gasteiger partial charge is 0.391 e. The lowest BCUT2D eigenvalue weighted by molar-refractivity contribution is 0.129. The minimum absolute atomic E-state index is 0.471. The maximum Gasteiger partial charge on any atom is 0.142 e. The summed E-state index contributed by atoms with van der Waals surface area (Å²) in [5.74, 6) is 0.